The Balaban J connectivity index is 1.99. The fourth-order valence-electron chi connectivity index (χ4n) is 3.21. The number of carbonyl (C=O) groups is 3. The van der Waals surface area contributed by atoms with E-state index >= 15 is 0 Å². The Morgan fingerprint density at radius 1 is 1.12 bits per heavy atom. The summed E-state index contributed by atoms with van der Waals surface area (Å²) in [6, 6.07) is 14.4. The molecule has 1 amide bonds. The lowest BCUT2D eigenvalue weighted by Gasteiger charge is -2.31. The van der Waals surface area contributed by atoms with Gasteiger partial charge >= 0.3 is 5.97 Å². The van der Waals surface area contributed by atoms with Crippen LogP contribution in [-0.2, 0) is 19.1 Å². The van der Waals surface area contributed by atoms with Gasteiger partial charge in [0.05, 0.1) is 13.7 Å². The van der Waals surface area contributed by atoms with Gasteiger partial charge in [0.15, 0.2) is 0 Å². The van der Waals surface area contributed by atoms with Gasteiger partial charge in [0, 0.05) is 27.1 Å². The maximum Gasteiger partial charge on any atom is 0.381 e. The smallest absolute Gasteiger partial charge is 0.381 e. The number of nitrogens with one attached hydrogen (secondary N) is 2. The standard InChI is InChI=1S/C23H22IN3O5/c1-3-32-23(30)21(28)19(25)18-12-13-27(16-8-4-14(24)5-9-16)22(29)20(18)26-15-6-10-17(31-2)11-7-15/h4-11,25-26H,3,12-13H2,1-2H3. The largest absolute Gasteiger partial charge is 0.497 e. The lowest BCUT2D eigenvalue weighted by atomic mass is 9.96. The third-order valence-corrected chi connectivity index (χ3v) is 5.55. The van der Waals surface area contributed by atoms with Gasteiger partial charge in [-0.05, 0) is 84.5 Å². The highest BCUT2D eigenvalue weighted by Crippen LogP contribution is 2.28. The summed E-state index contributed by atoms with van der Waals surface area (Å²) >= 11 is 2.18. The molecule has 2 N–H and O–H groups in total. The third-order valence-electron chi connectivity index (χ3n) is 4.83. The Hall–Kier alpha value is -3.21. The Morgan fingerprint density at radius 2 is 1.78 bits per heavy atom. The Labute approximate surface area is 199 Å². The molecular weight excluding hydrogens is 525 g/mol. The fraction of sp³-hybridized carbons (Fsp3) is 0.217. The maximum absolute atomic E-state index is 13.4. The number of Topliss-reactive ketones (excluding diaryl/α,β-unsaturated/α-hetero) is 1. The van der Waals surface area contributed by atoms with Crippen molar-refractivity contribution in [3.05, 3.63) is 63.4 Å². The summed E-state index contributed by atoms with van der Waals surface area (Å²) in [5, 5.41) is 11.3. The number of carbonyl (C=O) groups excluding carboxylic acids is 3. The average molecular weight is 547 g/mol. The quantitative estimate of drug-likeness (QED) is 0.227. The van der Waals surface area contributed by atoms with Crippen molar-refractivity contribution in [2.45, 2.75) is 13.3 Å². The van der Waals surface area contributed by atoms with E-state index in [-0.39, 0.29) is 30.8 Å². The molecule has 0 radical (unpaired) electrons. The second kappa shape index (κ2) is 10.4. The van der Waals surface area contributed by atoms with Gasteiger partial charge < -0.3 is 19.7 Å². The first-order valence-electron chi connectivity index (χ1n) is 9.87. The highest BCUT2D eigenvalue weighted by molar-refractivity contribution is 14.1. The first-order valence-corrected chi connectivity index (χ1v) is 11.0. The normalized spacial score (nSPS) is 13.6. The first kappa shape index (κ1) is 23.5. The highest BCUT2D eigenvalue weighted by atomic mass is 127. The second-order valence-corrected chi connectivity index (χ2v) is 8.06. The van der Waals surface area contributed by atoms with E-state index < -0.39 is 23.4 Å². The highest BCUT2D eigenvalue weighted by Gasteiger charge is 2.34. The minimum atomic E-state index is -1.11. The number of hydrogen-bond acceptors (Lipinski definition) is 7. The summed E-state index contributed by atoms with van der Waals surface area (Å²) in [6.07, 6.45) is 0.222. The number of ketones is 1. The van der Waals surface area contributed by atoms with Gasteiger partial charge in [-0.1, -0.05) is 0 Å². The summed E-state index contributed by atoms with van der Waals surface area (Å²) < 4.78 is 10.9. The van der Waals surface area contributed by atoms with Crippen molar-refractivity contribution in [3.8, 4) is 5.75 Å². The molecule has 0 unspecified atom stereocenters. The molecule has 0 saturated heterocycles. The molecule has 2 aromatic rings. The SMILES string of the molecule is CCOC(=O)C(=O)C(=N)C1=C(Nc2ccc(OC)cc2)C(=O)N(c2ccc(I)cc2)CC1. The van der Waals surface area contributed by atoms with E-state index in [0.29, 0.717) is 17.1 Å². The number of ether oxygens (including phenoxy) is 2. The fourth-order valence-corrected chi connectivity index (χ4v) is 3.57. The number of anilines is 2. The van der Waals surface area contributed by atoms with E-state index in [1.807, 2.05) is 24.3 Å². The monoisotopic (exact) mass is 547 g/mol. The molecule has 0 saturated carbocycles. The van der Waals surface area contributed by atoms with Crippen molar-refractivity contribution in [1.82, 2.24) is 0 Å². The van der Waals surface area contributed by atoms with Crippen LogP contribution >= 0.6 is 22.6 Å². The van der Waals surface area contributed by atoms with Crippen molar-refractivity contribution in [2.75, 3.05) is 30.5 Å². The zero-order valence-electron chi connectivity index (χ0n) is 17.6. The topological polar surface area (TPSA) is 109 Å². The van der Waals surface area contributed by atoms with Gasteiger partial charge in [0.25, 0.3) is 11.7 Å². The van der Waals surface area contributed by atoms with Crippen LogP contribution in [0.3, 0.4) is 0 Å². The van der Waals surface area contributed by atoms with Crippen LogP contribution in [0.1, 0.15) is 13.3 Å². The molecule has 0 aliphatic carbocycles. The molecule has 0 fully saturated rings. The lowest BCUT2D eigenvalue weighted by molar-refractivity contribution is -0.150. The van der Waals surface area contributed by atoms with Gasteiger partial charge in [-0.2, -0.15) is 0 Å². The molecule has 1 heterocycles. The number of hydrogen-bond donors (Lipinski definition) is 2. The van der Waals surface area contributed by atoms with Crippen LogP contribution in [0, 0.1) is 8.98 Å². The molecular formula is C23H22IN3O5. The number of nitrogens with zero attached hydrogens (tertiary/aromatic N) is 1. The lowest BCUT2D eigenvalue weighted by Crippen LogP contribution is -2.42. The maximum atomic E-state index is 13.4. The van der Waals surface area contributed by atoms with E-state index in [1.165, 1.54) is 0 Å². The summed E-state index contributed by atoms with van der Waals surface area (Å²) in [5.74, 6) is -1.94. The third kappa shape index (κ3) is 5.16. The molecule has 0 bridgehead atoms. The zero-order valence-corrected chi connectivity index (χ0v) is 19.8. The predicted molar refractivity (Wildman–Crippen MR) is 129 cm³/mol. The van der Waals surface area contributed by atoms with Crippen LogP contribution in [0.4, 0.5) is 11.4 Å². The molecule has 0 spiro atoms. The van der Waals surface area contributed by atoms with Crippen molar-refractivity contribution < 1.29 is 23.9 Å². The molecule has 8 nitrogen and oxygen atoms in total. The average Bonchev–Trinajstić information content (AvgIpc) is 2.80. The molecule has 1 aliphatic rings. The number of benzene rings is 2. The van der Waals surface area contributed by atoms with Crippen molar-refractivity contribution in [2.24, 2.45) is 0 Å². The van der Waals surface area contributed by atoms with E-state index in [4.69, 9.17) is 14.9 Å². The molecule has 32 heavy (non-hydrogen) atoms. The van der Waals surface area contributed by atoms with Crippen LogP contribution < -0.4 is 15.0 Å². The number of esters is 1. The molecule has 0 aromatic heterocycles. The van der Waals surface area contributed by atoms with Crippen LogP contribution in [0.25, 0.3) is 0 Å². The number of amides is 1. The van der Waals surface area contributed by atoms with Gasteiger partial charge in [-0.3, -0.25) is 15.0 Å². The Bertz CT molecular complexity index is 1080. The van der Waals surface area contributed by atoms with Gasteiger partial charge in [-0.15, -0.1) is 0 Å². The minimum Gasteiger partial charge on any atom is -0.497 e. The summed E-state index contributed by atoms with van der Waals surface area (Å²) in [6.45, 7) is 1.86. The summed E-state index contributed by atoms with van der Waals surface area (Å²) in [7, 11) is 1.55. The molecule has 9 heteroatoms. The molecule has 0 atom stereocenters. The van der Waals surface area contributed by atoms with Gasteiger partial charge in [0.1, 0.15) is 17.2 Å². The van der Waals surface area contributed by atoms with Crippen LogP contribution in [0.15, 0.2) is 59.8 Å². The van der Waals surface area contributed by atoms with E-state index in [2.05, 4.69) is 27.9 Å². The Kier molecular flexibility index (Phi) is 7.62. The van der Waals surface area contributed by atoms with Gasteiger partial charge in [-0.25, -0.2) is 4.79 Å². The summed E-state index contributed by atoms with van der Waals surface area (Å²) in [4.78, 5) is 39.3. The van der Waals surface area contributed by atoms with Crippen molar-refractivity contribution >= 4 is 57.3 Å². The predicted octanol–water partition coefficient (Wildman–Crippen LogP) is 3.55. The molecule has 1 aliphatic heterocycles. The Morgan fingerprint density at radius 3 is 2.38 bits per heavy atom. The number of rotatable bonds is 8. The van der Waals surface area contributed by atoms with Crippen LogP contribution in [-0.4, -0.2) is 43.6 Å². The van der Waals surface area contributed by atoms with E-state index in [1.54, 1.807) is 43.2 Å². The molecule has 3 rings (SSSR count). The molecule has 166 valence electrons. The minimum absolute atomic E-state index is 0.0212. The van der Waals surface area contributed by atoms with Crippen LogP contribution in [0.2, 0.25) is 0 Å². The van der Waals surface area contributed by atoms with E-state index in [0.717, 1.165) is 3.57 Å². The second-order valence-electron chi connectivity index (χ2n) is 6.81. The number of halogens is 1. The first-order chi connectivity index (χ1) is 15.3. The zero-order chi connectivity index (χ0) is 23.3. The van der Waals surface area contributed by atoms with Crippen molar-refractivity contribution in [3.63, 3.8) is 0 Å². The number of methoxy groups -OCH3 is 1. The summed E-state index contributed by atoms with van der Waals surface area (Å²) in [5.41, 5.74) is 0.975. The van der Waals surface area contributed by atoms with Crippen LogP contribution in [0.5, 0.6) is 5.75 Å². The van der Waals surface area contributed by atoms with Gasteiger partial charge in [0.2, 0.25) is 0 Å². The van der Waals surface area contributed by atoms with Crippen molar-refractivity contribution in [1.29, 1.82) is 5.41 Å². The molecule has 2 aromatic carbocycles. The van der Waals surface area contributed by atoms with E-state index in [9.17, 15) is 14.4 Å².